The number of phosphoric ester groups is 2. The lowest BCUT2D eigenvalue weighted by molar-refractivity contribution is -0.161. The van der Waals surface area contributed by atoms with E-state index in [1.54, 1.807) is 0 Å². The second kappa shape index (κ2) is 67.3. The Labute approximate surface area is 568 Å². The van der Waals surface area contributed by atoms with Crippen LogP contribution in [0.2, 0.25) is 0 Å². The Kier molecular flexibility index (Phi) is 65.9. The predicted molar refractivity (Wildman–Crippen MR) is 377 cm³/mol. The van der Waals surface area contributed by atoms with Crippen LogP contribution in [0.5, 0.6) is 0 Å². The first kappa shape index (κ1) is 91.1. The second-order valence-electron chi connectivity index (χ2n) is 27.2. The molecule has 0 aliphatic carbocycles. The molecule has 5 atom stereocenters. The highest BCUT2D eigenvalue weighted by molar-refractivity contribution is 7.47. The van der Waals surface area contributed by atoms with Crippen molar-refractivity contribution in [2.24, 2.45) is 5.92 Å². The molecule has 17 nitrogen and oxygen atoms in total. The van der Waals surface area contributed by atoms with Crippen molar-refractivity contribution in [2.45, 2.75) is 406 Å². The molecule has 0 heterocycles. The highest BCUT2D eigenvalue weighted by Gasteiger charge is 2.30. The molecule has 0 aliphatic heterocycles. The number of ether oxygens (including phenoxy) is 4. The van der Waals surface area contributed by atoms with Crippen molar-refractivity contribution < 1.29 is 80.2 Å². The van der Waals surface area contributed by atoms with Crippen molar-refractivity contribution in [2.75, 3.05) is 39.6 Å². The van der Waals surface area contributed by atoms with Gasteiger partial charge in [0.05, 0.1) is 26.4 Å². The molecule has 0 amide bonds. The van der Waals surface area contributed by atoms with Gasteiger partial charge < -0.3 is 33.8 Å². The van der Waals surface area contributed by atoms with Crippen molar-refractivity contribution in [1.29, 1.82) is 0 Å². The Morgan fingerprint density at radius 2 is 0.495 bits per heavy atom. The molecule has 3 N–H and O–H groups in total. The summed E-state index contributed by atoms with van der Waals surface area (Å²) in [4.78, 5) is 72.4. The van der Waals surface area contributed by atoms with Gasteiger partial charge in [0.1, 0.15) is 19.3 Å². The van der Waals surface area contributed by atoms with E-state index in [9.17, 15) is 43.2 Å². The summed E-state index contributed by atoms with van der Waals surface area (Å²) in [6.07, 6.45) is 56.0. The van der Waals surface area contributed by atoms with Crippen molar-refractivity contribution in [3.05, 3.63) is 0 Å². The molecule has 0 saturated heterocycles. The lowest BCUT2D eigenvalue weighted by Gasteiger charge is -2.21. The Hall–Kier alpha value is -1.94. The Balaban J connectivity index is 5.11. The maximum atomic E-state index is 13.1. The molecule has 0 saturated carbocycles. The summed E-state index contributed by atoms with van der Waals surface area (Å²) in [6, 6.07) is 0. The van der Waals surface area contributed by atoms with Crippen LogP contribution in [0.15, 0.2) is 0 Å². The molecular formula is C74H144O17P2. The molecule has 0 rings (SSSR count). The molecule has 0 aromatic heterocycles. The molecular weight excluding hydrogens is 1220 g/mol. The number of hydrogen-bond donors (Lipinski definition) is 3. The van der Waals surface area contributed by atoms with Gasteiger partial charge in [0.15, 0.2) is 12.2 Å². The minimum absolute atomic E-state index is 0.106. The average Bonchev–Trinajstić information content (AvgIpc) is 3.61. The lowest BCUT2D eigenvalue weighted by Crippen LogP contribution is -2.30. The summed E-state index contributed by atoms with van der Waals surface area (Å²) >= 11 is 0. The number of carbonyl (C=O) groups excluding carboxylic acids is 4. The zero-order chi connectivity index (χ0) is 68.4. The molecule has 0 spiro atoms. The third kappa shape index (κ3) is 68.4. The van der Waals surface area contributed by atoms with Gasteiger partial charge in [-0.05, 0) is 31.6 Å². The van der Waals surface area contributed by atoms with Crippen molar-refractivity contribution in [1.82, 2.24) is 0 Å². The van der Waals surface area contributed by atoms with E-state index >= 15 is 0 Å². The van der Waals surface area contributed by atoms with E-state index in [4.69, 9.17) is 37.0 Å². The maximum absolute atomic E-state index is 13.1. The number of phosphoric acid groups is 2. The van der Waals surface area contributed by atoms with Gasteiger partial charge >= 0.3 is 39.5 Å². The monoisotopic (exact) mass is 1370 g/mol. The molecule has 0 fully saturated rings. The van der Waals surface area contributed by atoms with Crippen LogP contribution in [-0.4, -0.2) is 96.7 Å². The fourth-order valence-corrected chi connectivity index (χ4v) is 12.9. The zero-order valence-corrected chi connectivity index (χ0v) is 62.2. The van der Waals surface area contributed by atoms with Crippen LogP contribution in [0.1, 0.15) is 388 Å². The van der Waals surface area contributed by atoms with Gasteiger partial charge in [0.25, 0.3) is 0 Å². The van der Waals surface area contributed by atoms with Crippen molar-refractivity contribution >= 4 is 39.5 Å². The van der Waals surface area contributed by atoms with Crippen LogP contribution >= 0.6 is 15.6 Å². The molecule has 93 heavy (non-hydrogen) atoms. The molecule has 2 unspecified atom stereocenters. The summed E-state index contributed by atoms with van der Waals surface area (Å²) in [5, 5.41) is 10.6. The first-order chi connectivity index (χ1) is 45.0. The predicted octanol–water partition coefficient (Wildman–Crippen LogP) is 21.7. The van der Waals surface area contributed by atoms with Crippen LogP contribution in [0.25, 0.3) is 0 Å². The van der Waals surface area contributed by atoms with Crippen molar-refractivity contribution in [3.8, 4) is 0 Å². The molecule has 0 aliphatic rings. The highest BCUT2D eigenvalue weighted by atomic mass is 31.2. The zero-order valence-electron chi connectivity index (χ0n) is 60.4. The highest BCUT2D eigenvalue weighted by Crippen LogP contribution is 2.45. The van der Waals surface area contributed by atoms with E-state index in [1.165, 1.54) is 205 Å². The Morgan fingerprint density at radius 1 is 0.290 bits per heavy atom. The number of carbonyl (C=O) groups is 4. The normalized spacial score (nSPS) is 14.0. The van der Waals surface area contributed by atoms with Crippen LogP contribution in [0.4, 0.5) is 0 Å². The largest absolute Gasteiger partial charge is 0.472 e. The average molecular weight is 1370 g/mol. The third-order valence-electron chi connectivity index (χ3n) is 17.3. The third-order valence-corrected chi connectivity index (χ3v) is 19.2. The summed E-state index contributed by atoms with van der Waals surface area (Å²) < 4.78 is 68.2. The number of rotatable bonds is 74. The first-order valence-corrected chi connectivity index (χ1v) is 41.6. The van der Waals surface area contributed by atoms with E-state index in [-0.39, 0.29) is 25.7 Å². The van der Waals surface area contributed by atoms with Gasteiger partial charge in [0, 0.05) is 25.7 Å². The Bertz CT molecular complexity index is 1790. The van der Waals surface area contributed by atoms with Crippen LogP contribution in [0.3, 0.4) is 0 Å². The maximum Gasteiger partial charge on any atom is 0.472 e. The Morgan fingerprint density at radius 3 is 0.731 bits per heavy atom. The minimum atomic E-state index is -4.95. The van der Waals surface area contributed by atoms with E-state index in [0.29, 0.717) is 25.7 Å². The molecule has 0 bridgehead atoms. The molecule has 0 aromatic carbocycles. The van der Waals surface area contributed by atoms with E-state index in [2.05, 4.69) is 34.6 Å². The smallest absolute Gasteiger partial charge is 0.462 e. The molecule has 552 valence electrons. The van der Waals surface area contributed by atoms with Crippen LogP contribution < -0.4 is 0 Å². The van der Waals surface area contributed by atoms with Crippen LogP contribution in [-0.2, 0) is 65.4 Å². The van der Waals surface area contributed by atoms with E-state index in [1.807, 2.05) is 0 Å². The van der Waals surface area contributed by atoms with Gasteiger partial charge in [-0.3, -0.25) is 37.3 Å². The summed E-state index contributed by atoms with van der Waals surface area (Å²) in [7, 11) is -9.89. The van der Waals surface area contributed by atoms with E-state index in [0.717, 1.165) is 102 Å². The van der Waals surface area contributed by atoms with Crippen LogP contribution in [0, 0.1) is 5.92 Å². The SMILES string of the molecule is CCCCCCCCCCCCCCCCCCCCCCC(=O)O[C@H](COC(=O)CCCCCCCCCCCCCCCCCC(C)C)COP(=O)(O)OC[C@@H](O)COP(=O)(O)OC[C@@H](COC(=O)CCCCCCC)OC(=O)CCCCCCCCCCCC. The molecule has 19 heteroatoms. The number of esters is 4. The fraction of sp³-hybridized carbons (Fsp3) is 0.946. The van der Waals surface area contributed by atoms with Crippen molar-refractivity contribution in [3.63, 3.8) is 0 Å². The number of unbranched alkanes of at least 4 members (excludes halogenated alkanes) is 46. The standard InChI is InChI=1S/C74H144O17P2/c1-6-9-12-15-17-19-21-22-23-24-25-26-27-30-34-37-41-45-50-55-60-74(79)91-70(64-85-72(77)58-53-48-43-40-36-33-31-28-29-32-35-38-42-47-51-56-67(4)5)66-89-93(82,83)87-62-68(75)61-86-92(80,81)88-65-69(63-84-71(76)57-52-46-14-11-8-3)90-73(78)59-54-49-44-39-20-18-16-13-10-7-2/h67-70,75H,6-66H2,1-5H3,(H,80,81)(H,82,83)/t68-,69+,70+/m0/s1. The number of aliphatic hydroxyl groups excluding tert-OH is 1. The topological polar surface area (TPSA) is 237 Å². The van der Waals surface area contributed by atoms with Gasteiger partial charge in [-0.1, -0.05) is 336 Å². The minimum Gasteiger partial charge on any atom is -0.462 e. The molecule has 0 radical (unpaired) electrons. The number of hydrogen-bond acceptors (Lipinski definition) is 15. The molecule has 0 aromatic rings. The summed E-state index contributed by atoms with van der Waals surface area (Å²) in [5.41, 5.74) is 0. The van der Waals surface area contributed by atoms with Gasteiger partial charge in [-0.25, -0.2) is 9.13 Å². The quantitative estimate of drug-likeness (QED) is 0.0222. The number of aliphatic hydroxyl groups is 1. The van der Waals surface area contributed by atoms with Gasteiger partial charge in [-0.15, -0.1) is 0 Å². The summed E-state index contributed by atoms with van der Waals surface area (Å²) in [5.74, 6) is -1.32. The van der Waals surface area contributed by atoms with E-state index < -0.39 is 97.5 Å². The lowest BCUT2D eigenvalue weighted by atomic mass is 10.0. The fourth-order valence-electron chi connectivity index (χ4n) is 11.4. The van der Waals surface area contributed by atoms with Gasteiger partial charge in [0.2, 0.25) is 0 Å². The summed E-state index contributed by atoms with van der Waals surface area (Å²) in [6.45, 7) is 7.20. The van der Waals surface area contributed by atoms with Gasteiger partial charge in [-0.2, -0.15) is 0 Å². The second-order valence-corrected chi connectivity index (χ2v) is 30.1. The first-order valence-electron chi connectivity index (χ1n) is 38.6.